The van der Waals surface area contributed by atoms with Crippen LogP contribution >= 0.6 is 0 Å². The van der Waals surface area contributed by atoms with Crippen LogP contribution in [0.15, 0.2) is 24.5 Å². The minimum atomic E-state index is 0.269. The van der Waals surface area contributed by atoms with E-state index in [1.54, 1.807) is 11.9 Å². The van der Waals surface area contributed by atoms with Crippen LogP contribution < -0.4 is 15.5 Å². The fraction of sp³-hybridized carbons (Fsp3) is 0.600. The van der Waals surface area contributed by atoms with Gasteiger partial charge in [0.05, 0.1) is 0 Å². The fourth-order valence-electron chi connectivity index (χ4n) is 6.06. The number of benzene rings is 1. The number of nitrogens with one attached hydrogen (secondary N) is 2. The van der Waals surface area contributed by atoms with E-state index in [0.29, 0.717) is 5.92 Å². The summed E-state index contributed by atoms with van der Waals surface area (Å²) in [6, 6.07) is 6.85. The van der Waals surface area contributed by atoms with Crippen molar-refractivity contribution in [3.63, 3.8) is 0 Å². The predicted octanol–water partition coefficient (Wildman–Crippen LogP) is 3.99. The van der Waals surface area contributed by atoms with Crippen LogP contribution in [0.1, 0.15) is 67.3 Å². The molecule has 30 heavy (non-hydrogen) atoms. The Morgan fingerprint density at radius 2 is 2.03 bits per heavy atom. The maximum atomic E-state index is 4.75. The lowest BCUT2D eigenvalue weighted by Crippen LogP contribution is -2.45. The summed E-state index contributed by atoms with van der Waals surface area (Å²) in [5.74, 6) is 2.73. The van der Waals surface area contributed by atoms with E-state index < -0.39 is 0 Å². The Kier molecular flexibility index (Phi) is 4.48. The molecule has 1 unspecified atom stereocenters. The first-order valence-corrected chi connectivity index (χ1v) is 11.9. The van der Waals surface area contributed by atoms with Gasteiger partial charge in [-0.25, -0.2) is 9.97 Å². The molecule has 4 aliphatic rings. The quantitative estimate of drug-likeness (QED) is 0.791. The molecule has 158 valence electrons. The second-order valence-corrected chi connectivity index (χ2v) is 10.0. The molecule has 2 N–H and O–H groups in total. The van der Waals surface area contributed by atoms with E-state index in [1.807, 2.05) is 0 Å². The molecule has 1 aromatic carbocycles. The number of aryl methyl sites for hydroxylation is 1. The lowest BCUT2D eigenvalue weighted by Gasteiger charge is -2.41. The number of piperidine rings is 1. The molecule has 2 aromatic rings. The summed E-state index contributed by atoms with van der Waals surface area (Å²) in [6.07, 6.45) is 9.32. The van der Waals surface area contributed by atoms with Crippen LogP contribution in [0, 0.1) is 5.92 Å². The minimum Gasteiger partial charge on any atom is -0.384 e. The lowest BCUT2D eigenvalue weighted by atomic mass is 9.72. The van der Waals surface area contributed by atoms with Gasteiger partial charge < -0.3 is 15.5 Å². The average molecular weight is 404 g/mol. The molecule has 1 aromatic heterocycles. The zero-order chi connectivity index (χ0) is 20.1. The molecular weight excluding hydrogens is 370 g/mol. The van der Waals surface area contributed by atoms with Gasteiger partial charge in [0.1, 0.15) is 12.1 Å². The molecule has 3 heterocycles. The van der Waals surface area contributed by atoms with Crippen molar-refractivity contribution in [2.75, 3.05) is 36.4 Å². The largest absolute Gasteiger partial charge is 0.384 e. The number of rotatable bonds is 5. The van der Waals surface area contributed by atoms with Crippen LogP contribution in [0.25, 0.3) is 0 Å². The second-order valence-electron chi connectivity index (χ2n) is 10.0. The lowest BCUT2D eigenvalue weighted by molar-refractivity contribution is 0.357. The zero-order valence-corrected chi connectivity index (χ0v) is 18.1. The highest BCUT2D eigenvalue weighted by atomic mass is 15.2. The third-order valence-corrected chi connectivity index (χ3v) is 8.02. The summed E-state index contributed by atoms with van der Waals surface area (Å²) >= 11 is 0. The van der Waals surface area contributed by atoms with Gasteiger partial charge in [0.15, 0.2) is 0 Å². The maximum Gasteiger partial charge on any atom is 0.135 e. The van der Waals surface area contributed by atoms with E-state index in [9.17, 15) is 0 Å². The van der Waals surface area contributed by atoms with Crippen LogP contribution in [0.2, 0.25) is 0 Å². The number of hydrogen-bond donors (Lipinski definition) is 2. The molecular formula is C25H33N5. The van der Waals surface area contributed by atoms with Crippen molar-refractivity contribution in [1.29, 1.82) is 0 Å². The van der Waals surface area contributed by atoms with Crippen molar-refractivity contribution in [2.24, 2.45) is 5.92 Å². The average Bonchev–Trinajstić information content (AvgIpc) is 3.43. The Bertz CT molecular complexity index is 943. The fourth-order valence-corrected chi connectivity index (χ4v) is 6.06. The monoisotopic (exact) mass is 403 g/mol. The Hall–Kier alpha value is -2.14. The normalized spacial score (nSPS) is 24.0. The van der Waals surface area contributed by atoms with Gasteiger partial charge in [-0.1, -0.05) is 19.1 Å². The van der Waals surface area contributed by atoms with Gasteiger partial charge in [-0.2, -0.15) is 0 Å². The van der Waals surface area contributed by atoms with Crippen molar-refractivity contribution < 1.29 is 0 Å². The van der Waals surface area contributed by atoms with E-state index >= 15 is 0 Å². The molecule has 2 fully saturated rings. The van der Waals surface area contributed by atoms with Gasteiger partial charge in [0, 0.05) is 48.5 Å². The van der Waals surface area contributed by atoms with E-state index in [1.165, 1.54) is 67.0 Å². The summed E-state index contributed by atoms with van der Waals surface area (Å²) in [6.45, 7) is 7.76. The van der Waals surface area contributed by atoms with Crippen LogP contribution in [0.4, 0.5) is 11.5 Å². The van der Waals surface area contributed by atoms with Gasteiger partial charge in [0.25, 0.3) is 0 Å². The highest BCUT2D eigenvalue weighted by Gasteiger charge is 2.43. The smallest absolute Gasteiger partial charge is 0.135 e. The molecule has 2 aliphatic carbocycles. The first-order valence-electron chi connectivity index (χ1n) is 11.9. The number of hydrogen-bond acceptors (Lipinski definition) is 5. The Balaban J connectivity index is 1.23. The summed E-state index contributed by atoms with van der Waals surface area (Å²) in [4.78, 5) is 11.9. The molecule has 1 atom stereocenters. The highest BCUT2D eigenvalue weighted by molar-refractivity contribution is 5.64. The standard InChI is InChI=1S/C25H33N5/c1-17-5-8-20-22(17)24(29-16-28-20)30-11-9-25(10-12-30)15-27-21-4-2-3-19(23(21)25)14-26-13-18-6-7-18/h2-4,16-18,26-27H,5-15H2,1H3. The van der Waals surface area contributed by atoms with Gasteiger partial charge >= 0.3 is 0 Å². The van der Waals surface area contributed by atoms with E-state index in [2.05, 4.69) is 45.6 Å². The van der Waals surface area contributed by atoms with Crippen molar-refractivity contribution in [2.45, 2.75) is 63.3 Å². The molecule has 6 rings (SSSR count). The third-order valence-electron chi connectivity index (χ3n) is 8.02. The number of fused-ring (bicyclic) bond motifs is 3. The van der Waals surface area contributed by atoms with Crippen molar-refractivity contribution in [3.8, 4) is 0 Å². The number of aromatic nitrogens is 2. The summed E-state index contributed by atoms with van der Waals surface area (Å²) in [5.41, 5.74) is 7.43. The van der Waals surface area contributed by atoms with Crippen molar-refractivity contribution in [3.05, 3.63) is 46.9 Å². The second kappa shape index (κ2) is 7.23. The molecule has 1 saturated carbocycles. The SMILES string of the molecule is CC1CCc2ncnc(N3CCC4(CC3)CNc3cccc(CNCC5CC5)c34)c21. The van der Waals surface area contributed by atoms with Gasteiger partial charge in [0.2, 0.25) is 0 Å². The summed E-state index contributed by atoms with van der Waals surface area (Å²) in [5, 5.41) is 7.47. The topological polar surface area (TPSA) is 53.1 Å². The molecule has 0 bridgehead atoms. The third kappa shape index (κ3) is 3.09. The van der Waals surface area contributed by atoms with Gasteiger partial charge in [-0.15, -0.1) is 0 Å². The Morgan fingerprint density at radius 1 is 1.17 bits per heavy atom. The Morgan fingerprint density at radius 3 is 2.87 bits per heavy atom. The number of nitrogens with zero attached hydrogens (tertiary/aromatic N) is 3. The van der Waals surface area contributed by atoms with Crippen LogP contribution in [-0.4, -0.2) is 36.1 Å². The summed E-state index contributed by atoms with van der Waals surface area (Å²) in [7, 11) is 0. The molecule has 5 nitrogen and oxygen atoms in total. The van der Waals surface area contributed by atoms with Gasteiger partial charge in [-0.05, 0) is 74.1 Å². The van der Waals surface area contributed by atoms with Gasteiger partial charge in [-0.3, -0.25) is 0 Å². The van der Waals surface area contributed by atoms with Crippen molar-refractivity contribution >= 4 is 11.5 Å². The molecule has 1 saturated heterocycles. The van der Waals surface area contributed by atoms with E-state index in [-0.39, 0.29) is 5.41 Å². The molecule has 0 radical (unpaired) electrons. The number of anilines is 2. The zero-order valence-electron chi connectivity index (χ0n) is 18.1. The minimum absolute atomic E-state index is 0.269. The highest BCUT2D eigenvalue weighted by Crippen LogP contribution is 2.47. The van der Waals surface area contributed by atoms with E-state index in [0.717, 1.165) is 38.5 Å². The van der Waals surface area contributed by atoms with Crippen LogP contribution in [0.3, 0.4) is 0 Å². The van der Waals surface area contributed by atoms with E-state index in [4.69, 9.17) is 4.98 Å². The predicted molar refractivity (Wildman–Crippen MR) is 121 cm³/mol. The molecule has 2 aliphatic heterocycles. The summed E-state index contributed by atoms with van der Waals surface area (Å²) < 4.78 is 0. The molecule has 1 spiro atoms. The molecule has 5 heteroatoms. The maximum absolute atomic E-state index is 4.75. The molecule has 0 amide bonds. The first-order chi connectivity index (χ1) is 14.7. The van der Waals surface area contributed by atoms with Crippen molar-refractivity contribution in [1.82, 2.24) is 15.3 Å². The first kappa shape index (κ1) is 18.6. The van der Waals surface area contributed by atoms with Crippen LogP contribution in [0.5, 0.6) is 0 Å². The Labute approximate surface area is 179 Å². The van der Waals surface area contributed by atoms with Crippen LogP contribution in [-0.2, 0) is 18.4 Å².